The van der Waals surface area contributed by atoms with Gasteiger partial charge in [-0.05, 0) is 0 Å². The Labute approximate surface area is 262 Å². The van der Waals surface area contributed by atoms with Crippen LogP contribution in [0, 0.1) is 0 Å². The fourth-order valence-electron chi connectivity index (χ4n) is 5.07. The molecule has 23 nitrogen and oxygen atoms in total. The van der Waals surface area contributed by atoms with E-state index in [-0.39, 0.29) is 0 Å². The standard InChI is InChI=1S/C24H38O23/c25-5-3(1-41-21(39)17-11(31)9(29)13(33)19(37)45-17)43-23(15(35)7(5)27)47-24-16(36)8(28)6(26)4(44-24)2-42-22(40)18-12(32)10(30)14(34)20(38)46-18/h3-20,23-38H,1-2H2/t3?,4?,5-,6-,7-,8?,9?,10-,11-,12+,13+,14?,15?,16?,17?,18?,19?,20?,23-,24-/m0/s1. The Balaban J connectivity index is 1.36. The molecule has 0 bridgehead atoms. The average Bonchev–Trinajstić information content (AvgIpc) is 3.04. The first kappa shape index (κ1) is 38.0. The Bertz CT molecular complexity index is 986. The summed E-state index contributed by atoms with van der Waals surface area (Å²) in [6.45, 7) is -1.87. The van der Waals surface area contributed by atoms with Gasteiger partial charge in [-0.15, -0.1) is 0 Å². The summed E-state index contributed by atoms with van der Waals surface area (Å²) in [4.78, 5) is 24.9. The molecule has 0 spiro atoms. The van der Waals surface area contributed by atoms with Gasteiger partial charge in [0.2, 0.25) is 0 Å². The van der Waals surface area contributed by atoms with Gasteiger partial charge in [0.05, 0.1) is 0 Å². The lowest BCUT2D eigenvalue weighted by Gasteiger charge is -2.45. The second kappa shape index (κ2) is 15.4. The normalized spacial score (nSPS) is 50.9. The zero-order valence-electron chi connectivity index (χ0n) is 23.9. The zero-order valence-corrected chi connectivity index (χ0v) is 23.9. The summed E-state index contributed by atoms with van der Waals surface area (Å²) in [5.41, 5.74) is 0. The van der Waals surface area contributed by atoms with Crippen LogP contribution in [0.15, 0.2) is 0 Å². The van der Waals surface area contributed by atoms with Crippen molar-refractivity contribution in [2.45, 2.75) is 123 Å². The summed E-state index contributed by atoms with van der Waals surface area (Å²) < 4.78 is 35.2. The second-order valence-corrected chi connectivity index (χ2v) is 11.3. The minimum Gasteiger partial charge on any atom is -0.461 e. The Kier molecular flexibility index (Phi) is 12.4. The molecule has 0 radical (unpaired) electrons. The zero-order chi connectivity index (χ0) is 35.1. The number of hydrogen-bond acceptors (Lipinski definition) is 23. The lowest BCUT2D eigenvalue weighted by atomic mass is 9.97. The number of esters is 2. The van der Waals surface area contributed by atoms with E-state index < -0.39 is 148 Å². The second-order valence-electron chi connectivity index (χ2n) is 11.3. The largest absolute Gasteiger partial charge is 0.461 e. The van der Waals surface area contributed by atoms with Crippen molar-refractivity contribution in [2.24, 2.45) is 0 Å². The maximum Gasteiger partial charge on any atom is 0.338 e. The van der Waals surface area contributed by atoms with E-state index in [9.17, 15) is 81.1 Å². The summed E-state index contributed by atoms with van der Waals surface area (Å²) >= 11 is 0. The van der Waals surface area contributed by atoms with Crippen molar-refractivity contribution in [3.8, 4) is 0 Å². The highest BCUT2D eigenvalue weighted by atomic mass is 16.8. The maximum absolute atomic E-state index is 12.4. The molecule has 4 rings (SSSR count). The summed E-state index contributed by atoms with van der Waals surface area (Å²) in [5.74, 6) is -2.83. The van der Waals surface area contributed by atoms with Crippen molar-refractivity contribution in [3.05, 3.63) is 0 Å². The van der Waals surface area contributed by atoms with E-state index >= 15 is 0 Å². The van der Waals surface area contributed by atoms with E-state index in [1.54, 1.807) is 0 Å². The highest BCUT2D eigenvalue weighted by Gasteiger charge is 2.52. The predicted octanol–water partition coefficient (Wildman–Crippen LogP) is -10.7. The molecular formula is C24H38O23. The molecule has 4 aliphatic heterocycles. The van der Waals surface area contributed by atoms with Gasteiger partial charge in [0, 0.05) is 0 Å². The van der Waals surface area contributed by atoms with Crippen molar-refractivity contribution < 1.29 is 114 Å². The van der Waals surface area contributed by atoms with Gasteiger partial charge in [0.15, 0.2) is 37.4 Å². The van der Waals surface area contributed by atoms with E-state index in [0.29, 0.717) is 0 Å². The number of carbonyl (C=O) groups excluding carboxylic acids is 2. The van der Waals surface area contributed by atoms with Crippen LogP contribution in [0.25, 0.3) is 0 Å². The molecule has 11 unspecified atom stereocenters. The van der Waals surface area contributed by atoms with Crippen molar-refractivity contribution in [2.75, 3.05) is 13.2 Å². The number of hydrogen-bond donors (Lipinski definition) is 14. The highest BCUT2D eigenvalue weighted by molar-refractivity contribution is 5.76. The molecule has 0 amide bonds. The van der Waals surface area contributed by atoms with Crippen molar-refractivity contribution in [1.82, 2.24) is 0 Å². The Morgan fingerprint density at radius 2 is 0.723 bits per heavy atom. The van der Waals surface area contributed by atoms with Crippen LogP contribution in [-0.2, 0) is 42.7 Å². The van der Waals surface area contributed by atoms with Crippen molar-refractivity contribution >= 4 is 11.9 Å². The lowest BCUT2D eigenvalue weighted by molar-refractivity contribution is -0.376. The first-order valence-electron chi connectivity index (χ1n) is 14.1. The predicted molar refractivity (Wildman–Crippen MR) is 134 cm³/mol. The number of aliphatic hydroxyl groups is 14. The molecule has 272 valence electrons. The third kappa shape index (κ3) is 7.83. The molecule has 0 aromatic heterocycles. The van der Waals surface area contributed by atoms with E-state index in [0.717, 1.165) is 0 Å². The quantitative estimate of drug-likeness (QED) is 0.105. The molecule has 47 heavy (non-hydrogen) atoms. The number of ether oxygens (including phenoxy) is 7. The van der Waals surface area contributed by atoms with Gasteiger partial charge >= 0.3 is 11.9 Å². The average molecular weight is 695 g/mol. The number of aliphatic hydroxyl groups excluding tert-OH is 14. The fourth-order valence-corrected chi connectivity index (χ4v) is 5.07. The summed E-state index contributed by atoms with van der Waals surface area (Å²) in [6.07, 6.45) is -39.8. The van der Waals surface area contributed by atoms with Gasteiger partial charge in [0.1, 0.15) is 98.7 Å². The van der Waals surface area contributed by atoms with Crippen LogP contribution in [0.3, 0.4) is 0 Å². The molecule has 20 atom stereocenters. The number of carbonyl (C=O) groups is 2. The van der Waals surface area contributed by atoms with Crippen molar-refractivity contribution in [1.29, 1.82) is 0 Å². The number of rotatable bonds is 8. The molecular weight excluding hydrogens is 656 g/mol. The molecule has 4 fully saturated rings. The van der Waals surface area contributed by atoms with Gasteiger partial charge in [-0.1, -0.05) is 0 Å². The third-order valence-electron chi connectivity index (χ3n) is 8.03. The monoisotopic (exact) mass is 694 g/mol. The lowest BCUT2D eigenvalue weighted by Crippen LogP contribution is -2.64. The minimum absolute atomic E-state index is 0.936. The van der Waals surface area contributed by atoms with Gasteiger partial charge < -0.3 is 105 Å². The Hall–Kier alpha value is -1.82. The minimum atomic E-state index is -2.08. The van der Waals surface area contributed by atoms with Crippen LogP contribution < -0.4 is 0 Å². The van der Waals surface area contributed by atoms with Crippen LogP contribution in [0.2, 0.25) is 0 Å². The molecule has 4 saturated heterocycles. The SMILES string of the molecule is O=C(OCC1O[C@@H](O[C@@H]2OC(COC(=O)C3OC(O)C(O)[C@@H](O)[C@H]3O)[C@H](O)C(O)C2O)C(O)[C@@H](O)[C@H]1O)C1OC(O)[C@H](O)C(O)[C@@H]1O. The fraction of sp³-hybridized carbons (Fsp3) is 0.917. The smallest absolute Gasteiger partial charge is 0.338 e. The Morgan fingerprint density at radius 1 is 0.404 bits per heavy atom. The van der Waals surface area contributed by atoms with Gasteiger partial charge in [-0.25, -0.2) is 9.59 Å². The van der Waals surface area contributed by atoms with E-state index in [1.807, 2.05) is 0 Å². The summed E-state index contributed by atoms with van der Waals surface area (Å²) in [5, 5.41) is 140. The van der Waals surface area contributed by atoms with Crippen LogP contribution in [0.4, 0.5) is 0 Å². The maximum atomic E-state index is 12.4. The molecule has 23 heteroatoms. The Morgan fingerprint density at radius 3 is 1.06 bits per heavy atom. The first-order chi connectivity index (χ1) is 22.0. The van der Waals surface area contributed by atoms with Crippen LogP contribution in [0.5, 0.6) is 0 Å². The topological polar surface area (TPSA) is 382 Å². The molecule has 0 aliphatic carbocycles. The molecule has 14 N–H and O–H groups in total. The van der Waals surface area contributed by atoms with Gasteiger partial charge in [0.25, 0.3) is 0 Å². The molecule has 0 aromatic carbocycles. The molecule has 0 saturated carbocycles. The molecule has 4 heterocycles. The summed E-state index contributed by atoms with van der Waals surface area (Å²) in [6, 6.07) is 0. The van der Waals surface area contributed by atoms with E-state index in [4.69, 9.17) is 33.2 Å². The highest BCUT2D eigenvalue weighted by Crippen LogP contribution is 2.29. The van der Waals surface area contributed by atoms with Crippen LogP contribution >= 0.6 is 0 Å². The third-order valence-corrected chi connectivity index (χ3v) is 8.03. The first-order valence-corrected chi connectivity index (χ1v) is 14.1. The molecule has 0 aromatic rings. The van der Waals surface area contributed by atoms with Gasteiger partial charge in [-0.2, -0.15) is 0 Å². The van der Waals surface area contributed by atoms with Crippen LogP contribution in [-0.4, -0.2) is 219 Å². The van der Waals surface area contributed by atoms with E-state index in [1.165, 1.54) is 0 Å². The summed E-state index contributed by atoms with van der Waals surface area (Å²) in [7, 11) is 0. The molecule has 4 aliphatic rings. The van der Waals surface area contributed by atoms with E-state index in [2.05, 4.69) is 0 Å². The van der Waals surface area contributed by atoms with Crippen molar-refractivity contribution in [3.63, 3.8) is 0 Å². The van der Waals surface area contributed by atoms with Crippen LogP contribution in [0.1, 0.15) is 0 Å². The van der Waals surface area contributed by atoms with Gasteiger partial charge in [-0.3, -0.25) is 0 Å².